The lowest BCUT2D eigenvalue weighted by atomic mass is 9.50. The third-order valence-electron chi connectivity index (χ3n) is 7.08. The van der Waals surface area contributed by atoms with E-state index < -0.39 is 5.41 Å². The number of carbonyl (C=O) groups is 1. The normalized spacial score (nSPS) is 49.4. The van der Waals surface area contributed by atoms with E-state index in [0.717, 1.165) is 31.3 Å². The molecule has 22 heavy (non-hydrogen) atoms. The summed E-state index contributed by atoms with van der Waals surface area (Å²) in [6.45, 7) is 2.29. The first-order chi connectivity index (χ1) is 10.5. The number of allylic oxidation sites excluding steroid dienone is 4. The van der Waals surface area contributed by atoms with Crippen LogP contribution in [0.2, 0.25) is 0 Å². The van der Waals surface area contributed by atoms with Gasteiger partial charge in [-0.25, -0.2) is 0 Å². The topological polar surface area (TPSA) is 57.5 Å². The summed E-state index contributed by atoms with van der Waals surface area (Å²) >= 11 is 0. The van der Waals surface area contributed by atoms with Crippen molar-refractivity contribution >= 4 is 5.78 Å². The second kappa shape index (κ2) is 4.65. The zero-order valence-corrected chi connectivity index (χ0v) is 13.0. The molecule has 0 amide bonds. The van der Waals surface area contributed by atoms with Crippen molar-refractivity contribution in [1.29, 1.82) is 0 Å². The summed E-state index contributed by atoms with van der Waals surface area (Å²) in [6.07, 6.45) is 13.3. The highest BCUT2D eigenvalue weighted by Crippen LogP contribution is 2.62. The van der Waals surface area contributed by atoms with E-state index in [4.69, 9.17) is 0 Å². The van der Waals surface area contributed by atoms with E-state index in [-0.39, 0.29) is 23.9 Å². The first-order valence-corrected chi connectivity index (χ1v) is 8.44. The smallest absolute Gasteiger partial charge is 0.178 e. The molecular formula is C19H24O3. The average Bonchev–Trinajstić information content (AvgIpc) is 2.82. The molecule has 2 saturated carbocycles. The van der Waals surface area contributed by atoms with E-state index in [2.05, 4.69) is 19.1 Å². The highest BCUT2D eigenvalue weighted by molar-refractivity contribution is 6.01. The molecule has 0 unspecified atom stereocenters. The Kier molecular flexibility index (Phi) is 3.05. The van der Waals surface area contributed by atoms with Crippen LogP contribution in [0.3, 0.4) is 0 Å². The molecule has 6 atom stereocenters. The zero-order valence-electron chi connectivity index (χ0n) is 13.0. The van der Waals surface area contributed by atoms with Crippen LogP contribution < -0.4 is 0 Å². The minimum Gasteiger partial charge on any atom is -0.395 e. The fourth-order valence-corrected chi connectivity index (χ4v) is 5.72. The van der Waals surface area contributed by atoms with Crippen LogP contribution in [0, 0.1) is 28.6 Å². The molecule has 0 bridgehead atoms. The highest BCUT2D eigenvalue weighted by atomic mass is 16.3. The Morgan fingerprint density at radius 1 is 1.23 bits per heavy atom. The number of ketones is 1. The maximum Gasteiger partial charge on any atom is 0.178 e. The van der Waals surface area contributed by atoms with Crippen LogP contribution in [0.5, 0.6) is 0 Å². The van der Waals surface area contributed by atoms with Gasteiger partial charge in [-0.3, -0.25) is 4.79 Å². The Balaban J connectivity index is 1.79. The Morgan fingerprint density at radius 2 is 2.05 bits per heavy atom. The molecule has 0 aromatic carbocycles. The lowest BCUT2D eigenvalue weighted by Crippen LogP contribution is -2.51. The van der Waals surface area contributed by atoms with Crippen LogP contribution in [0.25, 0.3) is 0 Å². The first-order valence-electron chi connectivity index (χ1n) is 8.44. The Hall–Kier alpha value is -1.19. The van der Waals surface area contributed by atoms with Gasteiger partial charge in [0.1, 0.15) is 0 Å². The third-order valence-corrected chi connectivity index (χ3v) is 7.08. The summed E-state index contributed by atoms with van der Waals surface area (Å²) in [4.78, 5) is 11.7. The van der Waals surface area contributed by atoms with Crippen molar-refractivity contribution in [2.24, 2.45) is 28.6 Å². The Morgan fingerprint density at radius 3 is 2.82 bits per heavy atom. The fourth-order valence-electron chi connectivity index (χ4n) is 5.72. The van der Waals surface area contributed by atoms with Crippen LogP contribution in [-0.2, 0) is 4.79 Å². The molecule has 0 heterocycles. The van der Waals surface area contributed by atoms with E-state index in [1.54, 1.807) is 12.2 Å². The quantitative estimate of drug-likeness (QED) is 0.782. The molecule has 0 spiro atoms. The van der Waals surface area contributed by atoms with Crippen LogP contribution in [0.15, 0.2) is 36.0 Å². The molecule has 3 heteroatoms. The van der Waals surface area contributed by atoms with Crippen LogP contribution in [0.1, 0.15) is 32.6 Å². The van der Waals surface area contributed by atoms with Crippen LogP contribution in [-0.4, -0.2) is 28.7 Å². The number of hydrogen-bond donors (Lipinski definition) is 2. The van der Waals surface area contributed by atoms with Crippen molar-refractivity contribution in [1.82, 2.24) is 0 Å². The molecule has 0 aromatic heterocycles. The number of aliphatic hydroxyl groups excluding tert-OH is 2. The minimum absolute atomic E-state index is 0.0115. The number of rotatable bonds is 1. The molecule has 0 saturated heterocycles. The summed E-state index contributed by atoms with van der Waals surface area (Å²) in [6, 6.07) is 0. The van der Waals surface area contributed by atoms with Crippen LogP contribution in [0.4, 0.5) is 0 Å². The predicted octanol–water partition coefficient (Wildman–Crippen LogP) is 2.40. The molecule has 4 aliphatic rings. The maximum atomic E-state index is 11.7. The van der Waals surface area contributed by atoms with Gasteiger partial charge in [0.05, 0.1) is 12.7 Å². The van der Waals surface area contributed by atoms with E-state index in [9.17, 15) is 15.0 Å². The molecule has 0 aliphatic heterocycles. The Bertz CT molecular complexity index is 602. The molecular weight excluding hydrogens is 276 g/mol. The average molecular weight is 300 g/mol. The molecule has 3 nitrogen and oxygen atoms in total. The number of carbonyl (C=O) groups excluding carboxylic acids is 1. The molecule has 2 fully saturated rings. The van der Waals surface area contributed by atoms with E-state index in [1.807, 2.05) is 6.08 Å². The standard InChI is InChI=1S/C19H24O3/c1-18-8-7-16-14(15(18)4-5-17(18)22)3-2-12-10-13(21)6-9-19(12,16)11-20/h2-3,6,9-10,14-17,20,22H,4-5,7-8,11H2,1H3/t14-,15-,16-,17-,18-,19+/m0/s1. The van der Waals surface area contributed by atoms with Crippen molar-refractivity contribution in [2.45, 2.75) is 38.7 Å². The molecule has 2 N–H and O–H groups in total. The SMILES string of the molecule is C[C@]12CC[C@H]3[C@@H](C=CC4=CC(=O)C=C[C@@]43CO)[C@@H]1CC[C@@H]2O. The van der Waals surface area contributed by atoms with Crippen molar-refractivity contribution in [3.63, 3.8) is 0 Å². The molecule has 118 valence electrons. The van der Waals surface area contributed by atoms with Crippen molar-refractivity contribution in [2.75, 3.05) is 6.61 Å². The second-order valence-corrected chi connectivity index (χ2v) is 7.82. The minimum atomic E-state index is -0.401. The number of fused-ring (bicyclic) bond motifs is 5. The lowest BCUT2D eigenvalue weighted by molar-refractivity contribution is -0.111. The van der Waals surface area contributed by atoms with Gasteiger partial charge in [0, 0.05) is 5.41 Å². The molecule has 4 aliphatic carbocycles. The van der Waals surface area contributed by atoms with Gasteiger partial charge in [0.25, 0.3) is 0 Å². The first kappa shape index (κ1) is 14.4. The Labute approximate surface area is 131 Å². The van der Waals surface area contributed by atoms with E-state index in [1.165, 1.54) is 0 Å². The summed E-state index contributed by atoms with van der Waals surface area (Å²) in [5, 5.41) is 20.6. The van der Waals surface area contributed by atoms with E-state index in [0.29, 0.717) is 17.8 Å². The van der Waals surface area contributed by atoms with Gasteiger partial charge in [-0.2, -0.15) is 0 Å². The number of aliphatic hydroxyl groups is 2. The van der Waals surface area contributed by atoms with Crippen molar-refractivity contribution < 1.29 is 15.0 Å². The molecule has 0 aromatic rings. The van der Waals surface area contributed by atoms with E-state index >= 15 is 0 Å². The molecule has 4 rings (SSSR count). The summed E-state index contributed by atoms with van der Waals surface area (Å²) in [5.74, 6) is 1.21. The summed E-state index contributed by atoms with van der Waals surface area (Å²) < 4.78 is 0. The summed E-state index contributed by atoms with van der Waals surface area (Å²) in [5.41, 5.74) is 0.575. The van der Waals surface area contributed by atoms with Crippen molar-refractivity contribution in [3.8, 4) is 0 Å². The number of hydrogen-bond acceptors (Lipinski definition) is 3. The van der Waals surface area contributed by atoms with Crippen LogP contribution >= 0.6 is 0 Å². The fraction of sp³-hybridized carbons (Fsp3) is 0.632. The van der Waals surface area contributed by atoms with Gasteiger partial charge in [0.2, 0.25) is 0 Å². The highest BCUT2D eigenvalue weighted by Gasteiger charge is 2.58. The molecule has 0 radical (unpaired) electrons. The maximum absolute atomic E-state index is 11.7. The predicted molar refractivity (Wildman–Crippen MR) is 83.9 cm³/mol. The third kappa shape index (κ3) is 1.67. The summed E-state index contributed by atoms with van der Waals surface area (Å²) in [7, 11) is 0. The van der Waals surface area contributed by atoms with Gasteiger partial charge >= 0.3 is 0 Å². The largest absolute Gasteiger partial charge is 0.395 e. The van der Waals surface area contributed by atoms with Gasteiger partial charge in [0.15, 0.2) is 5.78 Å². The van der Waals surface area contributed by atoms with Gasteiger partial charge in [-0.05, 0) is 66.6 Å². The lowest BCUT2D eigenvalue weighted by Gasteiger charge is -2.54. The van der Waals surface area contributed by atoms with Gasteiger partial charge < -0.3 is 10.2 Å². The van der Waals surface area contributed by atoms with Crippen molar-refractivity contribution in [3.05, 3.63) is 36.0 Å². The van der Waals surface area contributed by atoms with Gasteiger partial charge in [-0.15, -0.1) is 0 Å². The zero-order chi connectivity index (χ0) is 15.5. The van der Waals surface area contributed by atoms with Gasteiger partial charge in [-0.1, -0.05) is 25.2 Å². The second-order valence-electron chi connectivity index (χ2n) is 7.82. The monoisotopic (exact) mass is 300 g/mol.